The van der Waals surface area contributed by atoms with Crippen LogP contribution in [-0.4, -0.2) is 24.7 Å². The molecule has 0 bridgehead atoms. The normalized spacial score (nSPS) is 16.9. The molecule has 0 spiro atoms. The lowest BCUT2D eigenvalue weighted by Gasteiger charge is -2.14. The van der Waals surface area contributed by atoms with Gasteiger partial charge in [0, 0.05) is 11.4 Å². The van der Waals surface area contributed by atoms with Gasteiger partial charge in [0.15, 0.2) is 5.11 Å². The van der Waals surface area contributed by atoms with Crippen LogP contribution in [0.15, 0.2) is 11.6 Å². The van der Waals surface area contributed by atoms with Gasteiger partial charge in [-0.2, -0.15) is 0 Å². The predicted octanol–water partition coefficient (Wildman–Crippen LogP) is 4.98. The molecule has 2 aliphatic carbocycles. The molecule has 0 saturated carbocycles. The fraction of sp³-hybridized carbons (Fsp3) is 0.600. The summed E-state index contributed by atoms with van der Waals surface area (Å²) >= 11 is 7.12. The van der Waals surface area contributed by atoms with E-state index in [1.807, 2.05) is 0 Å². The molecule has 1 aromatic rings. The second-order valence-corrected chi connectivity index (χ2v) is 8.51. The topological polar surface area (TPSA) is 50.4 Å². The number of thiophene rings is 1. The first kappa shape index (κ1) is 19.4. The van der Waals surface area contributed by atoms with E-state index in [1.54, 1.807) is 11.3 Å². The van der Waals surface area contributed by atoms with E-state index in [2.05, 4.69) is 16.7 Å². The number of ether oxygens (including phenoxy) is 1. The zero-order valence-corrected chi connectivity index (χ0v) is 17.1. The first-order chi connectivity index (χ1) is 12.7. The molecule has 0 aliphatic heterocycles. The van der Waals surface area contributed by atoms with Crippen LogP contribution in [0.1, 0.15) is 72.2 Å². The van der Waals surface area contributed by atoms with E-state index in [0.717, 1.165) is 42.8 Å². The molecule has 0 amide bonds. The third-order valence-electron chi connectivity index (χ3n) is 5.15. The SMILES string of the molecule is COC(=O)c1c(NC(=S)NCCC2=CCCCC2)sc2c1CCCCC2. The number of nitrogens with one attached hydrogen (secondary N) is 2. The summed E-state index contributed by atoms with van der Waals surface area (Å²) in [6, 6.07) is 0. The standard InChI is InChI=1S/C20H28N2O2S2/c1-24-19(23)17-15-10-6-3-7-11-16(15)26-18(17)22-20(25)21-13-12-14-8-4-2-5-9-14/h8H,2-7,9-13H2,1H3,(H2,21,22,25). The largest absolute Gasteiger partial charge is 0.465 e. The Labute approximate surface area is 165 Å². The van der Waals surface area contributed by atoms with Crippen molar-refractivity contribution in [1.82, 2.24) is 5.32 Å². The number of thiocarbonyl (C=S) groups is 1. The number of aryl methyl sites for hydroxylation is 1. The van der Waals surface area contributed by atoms with E-state index in [4.69, 9.17) is 17.0 Å². The second-order valence-electron chi connectivity index (χ2n) is 7.00. The summed E-state index contributed by atoms with van der Waals surface area (Å²) in [5.41, 5.74) is 3.38. The van der Waals surface area contributed by atoms with Crippen molar-refractivity contribution in [3.63, 3.8) is 0 Å². The van der Waals surface area contributed by atoms with Gasteiger partial charge in [-0.3, -0.25) is 0 Å². The maximum atomic E-state index is 12.4. The molecule has 1 aromatic heterocycles. The van der Waals surface area contributed by atoms with E-state index in [-0.39, 0.29) is 5.97 Å². The van der Waals surface area contributed by atoms with E-state index >= 15 is 0 Å². The lowest BCUT2D eigenvalue weighted by Crippen LogP contribution is -2.29. The monoisotopic (exact) mass is 392 g/mol. The van der Waals surface area contributed by atoms with Gasteiger partial charge in [-0.25, -0.2) is 4.79 Å². The number of fused-ring (bicyclic) bond motifs is 1. The molecule has 6 heteroatoms. The molecular weight excluding hydrogens is 364 g/mol. The summed E-state index contributed by atoms with van der Waals surface area (Å²) in [5, 5.41) is 7.97. The number of esters is 1. The van der Waals surface area contributed by atoms with Crippen LogP contribution in [0, 0.1) is 0 Å². The lowest BCUT2D eigenvalue weighted by atomic mass is 9.97. The van der Waals surface area contributed by atoms with Crippen molar-refractivity contribution in [1.29, 1.82) is 0 Å². The lowest BCUT2D eigenvalue weighted by molar-refractivity contribution is 0.0601. The van der Waals surface area contributed by atoms with Crippen molar-refractivity contribution in [2.24, 2.45) is 0 Å². The Kier molecular flexibility index (Phi) is 7.08. The molecule has 0 fully saturated rings. The van der Waals surface area contributed by atoms with Crippen LogP contribution in [0.4, 0.5) is 5.00 Å². The fourth-order valence-corrected chi connectivity index (χ4v) is 5.31. The molecule has 0 aromatic carbocycles. The molecule has 2 aliphatic rings. The zero-order chi connectivity index (χ0) is 18.4. The number of hydrogen-bond acceptors (Lipinski definition) is 4. The molecule has 142 valence electrons. The van der Waals surface area contributed by atoms with Gasteiger partial charge in [0.25, 0.3) is 0 Å². The second kappa shape index (κ2) is 9.51. The van der Waals surface area contributed by atoms with Crippen molar-refractivity contribution in [2.75, 3.05) is 19.0 Å². The summed E-state index contributed by atoms with van der Waals surface area (Å²) in [5.74, 6) is -0.262. The van der Waals surface area contributed by atoms with Gasteiger partial charge in [-0.15, -0.1) is 11.3 Å². The first-order valence-electron chi connectivity index (χ1n) is 9.64. The average molecular weight is 393 g/mol. The first-order valence-corrected chi connectivity index (χ1v) is 10.9. The van der Waals surface area contributed by atoms with Crippen molar-refractivity contribution >= 4 is 39.6 Å². The predicted molar refractivity (Wildman–Crippen MR) is 112 cm³/mol. The van der Waals surface area contributed by atoms with Crippen molar-refractivity contribution in [2.45, 2.75) is 64.2 Å². The van der Waals surface area contributed by atoms with Gasteiger partial charge in [0.05, 0.1) is 12.7 Å². The van der Waals surface area contributed by atoms with E-state index < -0.39 is 0 Å². The molecular formula is C20H28N2O2S2. The molecule has 1 heterocycles. The molecule has 0 atom stereocenters. The van der Waals surface area contributed by atoms with Gasteiger partial charge in [0.1, 0.15) is 5.00 Å². The highest BCUT2D eigenvalue weighted by molar-refractivity contribution is 7.80. The molecule has 0 radical (unpaired) electrons. The van der Waals surface area contributed by atoms with Gasteiger partial charge in [0.2, 0.25) is 0 Å². The Hall–Kier alpha value is -1.40. The molecule has 4 nitrogen and oxygen atoms in total. The third kappa shape index (κ3) is 4.86. The van der Waals surface area contributed by atoms with Crippen LogP contribution < -0.4 is 10.6 Å². The average Bonchev–Trinajstić information content (AvgIpc) is 2.83. The van der Waals surface area contributed by atoms with E-state index in [0.29, 0.717) is 10.7 Å². The fourth-order valence-electron chi connectivity index (χ4n) is 3.76. The number of rotatable bonds is 5. The Bertz CT molecular complexity index is 694. The molecule has 2 N–H and O–H groups in total. The third-order valence-corrected chi connectivity index (χ3v) is 6.61. The van der Waals surface area contributed by atoms with Gasteiger partial charge >= 0.3 is 5.97 Å². The number of carbonyl (C=O) groups is 1. The van der Waals surface area contributed by atoms with Crippen LogP contribution in [-0.2, 0) is 17.6 Å². The van der Waals surface area contributed by atoms with Crippen molar-refractivity contribution in [3.8, 4) is 0 Å². The summed E-state index contributed by atoms with van der Waals surface area (Å²) in [4.78, 5) is 13.7. The van der Waals surface area contributed by atoms with Crippen LogP contribution >= 0.6 is 23.6 Å². The minimum atomic E-state index is -0.262. The summed E-state index contributed by atoms with van der Waals surface area (Å²) in [6.45, 7) is 0.830. The number of hydrogen-bond donors (Lipinski definition) is 2. The van der Waals surface area contributed by atoms with Crippen LogP contribution in [0.2, 0.25) is 0 Å². The maximum Gasteiger partial charge on any atom is 0.341 e. The van der Waals surface area contributed by atoms with Gasteiger partial charge in [-0.1, -0.05) is 18.1 Å². The van der Waals surface area contributed by atoms with Gasteiger partial charge < -0.3 is 15.4 Å². The highest BCUT2D eigenvalue weighted by Gasteiger charge is 2.25. The smallest absolute Gasteiger partial charge is 0.341 e. The number of allylic oxidation sites excluding steroid dienone is 1. The minimum Gasteiger partial charge on any atom is -0.465 e. The van der Waals surface area contributed by atoms with Crippen molar-refractivity contribution < 1.29 is 9.53 Å². The molecule has 0 unspecified atom stereocenters. The number of anilines is 1. The highest BCUT2D eigenvalue weighted by Crippen LogP contribution is 2.37. The molecule has 3 rings (SSSR count). The molecule has 26 heavy (non-hydrogen) atoms. The van der Waals surface area contributed by atoms with Crippen LogP contribution in [0.3, 0.4) is 0 Å². The Morgan fingerprint density at radius 2 is 2.00 bits per heavy atom. The zero-order valence-electron chi connectivity index (χ0n) is 15.5. The Morgan fingerprint density at radius 3 is 2.77 bits per heavy atom. The van der Waals surface area contributed by atoms with E-state index in [1.165, 1.54) is 56.1 Å². The maximum absolute atomic E-state index is 12.4. The van der Waals surface area contributed by atoms with Gasteiger partial charge in [-0.05, 0) is 75.6 Å². The van der Waals surface area contributed by atoms with Crippen LogP contribution in [0.25, 0.3) is 0 Å². The van der Waals surface area contributed by atoms with E-state index in [9.17, 15) is 4.79 Å². The number of methoxy groups -OCH3 is 1. The van der Waals surface area contributed by atoms with Crippen LogP contribution in [0.5, 0.6) is 0 Å². The minimum absolute atomic E-state index is 0.262. The molecule has 0 saturated heterocycles. The Morgan fingerprint density at radius 1 is 1.19 bits per heavy atom. The van der Waals surface area contributed by atoms with Crippen molar-refractivity contribution in [3.05, 3.63) is 27.7 Å². The summed E-state index contributed by atoms with van der Waals surface area (Å²) < 4.78 is 5.04. The summed E-state index contributed by atoms with van der Waals surface area (Å²) in [6.07, 6.45) is 14.0. The summed E-state index contributed by atoms with van der Waals surface area (Å²) in [7, 11) is 1.45. The highest BCUT2D eigenvalue weighted by atomic mass is 32.1. The Balaban J connectivity index is 1.63. The quantitative estimate of drug-likeness (QED) is 0.320. The number of carbonyl (C=O) groups excluding carboxylic acids is 1.